The maximum absolute atomic E-state index is 10.2. The van der Waals surface area contributed by atoms with Crippen LogP contribution in [0, 0.1) is 0 Å². The van der Waals surface area contributed by atoms with Gasteiger partial charge in [-0.05, 0) is 11.1 Å². The molecule has 0 spiro atoms. The molecular weight excluding hydrogens is 404 g/mol. The van der Waals surface area contributed by atoms with Crippen LogP contribution in [0.15, 0.2) is 60.7 Å². The molecule has 0 aromatic heterocycles. The molecule has 4 N–H and O–H groups in total. The highest BCUT2D eigenvalue weighted by Gasteiger charge is 2.44. The predicted octanol–water partition coefficient (Wildman–Crippen LogP) is 0.605. The molecule has 31 heavy (non-hydrogen) atoms. The molecule has 1 saturated heterocycles. The average Bonchev–Trinajstić information content (AvgIpc) is 2.81. The van der Waals surface area contributed by atoms with Gasteiger partial charge in [-0.1, -0.05) is 60.7 Å². The summed E-state index contributed by atoms with van der Waals surface area (Å²) in [6.45, 7) is 0.493. The van der Waals surface area contributed by atoms with E-state index in [0.29, 0.717) is 13.2 Å². The fourth-order valence-corrected chi connectivity index (χ4v) is 3.22. The smallest absolute Gasteiger partial charge is 0.186 e. The molecule has 0 bridgehead atoms. The third-order valence-corrected chi connectivity index (χ3v) is 5.04. The lowest BCUT2D eigenvalue weighted by molar-refractivity contribution is -0.306. The Hall–Kier alpha value is -1.88. The normalized spacial score (nSPS) is 27.2. The predicted molar refractivity (Wildman–Crippen MR) is 111 cm³/mol. The fraction of sp³-hybridized carbons (Fsp3) is 0.478. The van der Waals surface area contributed by atoms with Crippen molar-refractivity contribution in [3.05, 3.63) is 71.8 Å². The molecule has 0 amide bonds. The summed E-state index contributed by atoms with van der Waals surface area (Å²) in [4.78, 5) is 0. The molecule has 0 saturated carbocycles. The number of hydrogen-bond acceptors (Lipinski definition) is 8. The van der Waals surface area contributed by atoms with E-state index in [4.69, 9.17) is 18.9 Å². The van der Waals surface area contributed by atoms with Gasteiger partial charge in [0.05, 0.1) is 33.0 Å². The van der Waals surface area contributed by atoms with Crippen molar-refractivity contribution in [2.45, 2.75) is 50.0 Å². The van der Waals surface area contributed by atoms with Crippen LogP contribution in [0.4, 0.5) is 0 Å². The highest BCUT2D eigenvalue weighted by molar-refractivity contribution is 5.14. The molecule has 3 rings (SSSR count). The molecule has 8 nitrogen and oxygen atoms in total. The Balaban J connectivity index is 1.55. The first-order chi connectivity index (χ1) is 15.1. The van der Waals surface area contributed by atoms with Crippen molar-refractivity contribution in [2.24, 2.45) is 0 Å². The molecule has 1 heterocycles. The molecule has 6 unspecified atom stereocenters. The Bertz CT molecular complexity index is 742. The monoisotopic (exact) mass is 434 g/mol. The van der Waals surface area contributed by atoms with Crippen LogP contribution in [-0.2, 0) is 32.2 Å². The lowest BCUT2D eigenvalue weighted by Gasteiger charge is -2.39. The average molecular weight is 434 g/mol. The van der Waals surface area contributed by atoms with Crippen LogP contribution >= 0.6 is 0 Å². The first-order valence-corrected chi connectivity index (χ1v) is 10.3. The Kier molecular flexibility index (Phi) is 9.38. The van der Waals surface area contributed by atoms with Crippen LogP contribution in [-0.4, -0.2) is 77.1 Å². The lowest BCUT2D eigenvalue weighted by Crippen LogP contribution is -2.59. The van der Waals surface area contributed by atoms with Crippen LogP contribution in [0.2, 0.25) is 0 Å². The minimum absolute atomic E-state index is 0.0182. The van der Waals surface area contributed by atoms with E-state index < -0.39 is 43.4 Å². The molecule has 170 valence electrons. The second-order valence-corrected chi connectivity index (χ2v) is 7.45. The topological polar surface area (TPSA) is 118 Å². The third-order valence-electron chi connectivity index (χ3n) is 5.04. The maximum atomic E-state index is 10.2. The van der Waals surface area contributed by atoms with Gasteiger partial charge in [-0.2, -0.15) is 0 Å². The van der Waals surface area contributed by atoms with Gasteiger partial charge in [0, 0.05) is 0 Å². The largest absolute Gasteiger partial charge is 0.394 e. The molecule has 1 aliphatic heterocycles. The standard InChI is InChI=1S/C23H30O8/c24-11-19-20(25)21(26)22(27)23(31-19)30-15-18(29-13-17-9-5-2-6-10-17)14-28-12-16-7-3-1-4-8-16/h1-10,18-27H,11-15H2. The minimum atomic E-state index is -1.49. The fourth-order valence-electron chi connectivity index (χ4n) is 3.22. The van der Waals surface area contributed by atoms with E-state index >= 15 is 0 Å². The van der Waals surface area contributed by atoms with Crippen molar-refractivity contribution < 1.29 is 39.4 Å². The molecule has 0 aliphatic carbocycles. The molecule has 1 fully saturated rings. The van der Waals surface area contributed by atoms with Crippen molar-refractivity contribution in [2.75, 3.05) is 19.8 Å². The van der Waals surface area contributed by atoms with Gasteiger partial charge < -0.3 is 39.4 Å². The number of hydrogen-bond donors (Lipinski definition) is 4. The van der Waals surface area contributed by atoms with Gasteiger partial charge >= 0.3 is 0 Å². The Morgan fingerprint density at radius 2 is 1.39 bits per heavy atom. The van der Waals surface area contributed by atoms with E-state index in [9.17, 15) is 20.4 Å². The van der Waals surface area contributed by atoms with E-state index in [0.717, 1.165) is 11.1 Å². The van der Waals surface area contributed by atoms with Crippen molar-refractivity contribution in [1.82, 2.24) is 0 Å². The summed E-state index contributed by atoms with van der Waals surface area (Å²) in [6, 6.07) is 19.4. The van der Waals surface area contributed by atoms with Gasteiger partial charge in [0.15, 0.2) is 6.29 Å². The van der Waals surface area contributed by atoms with Crippen LogP contribution in [0.1, 0.15) is 11.1 Å². The van der Waals surface area contributed by atoms with Crippen molar-refractivity contribution in [3.63, 3.8) is 0 Å². The van der Waals surface area contributed by atoms with E-state index in [-0.39, 0.29) is 13.2 Å². The number of benzene rings is 2. The third kappa shape index (κ3) is 7.06. The summed E-state index contributed by atoms with van der Waals surface area (Å²) in [5, 5.41) is 39.3. The summed E-state index contributed by atoms with van der Waals surface area (Å²) < 4.78 is 22.8. The zero-order chi connectivity index (χ0) is 22.1. The van der Waals surface area contributed by atoms with Gasteiger partial charge in [0.1, 0.15) is 30.5 Å². The molecule has 1 aliphatic rings. The van der Waals surface area contributed by atoms with E-state index in [2.05, 4.69) is 0 Å². The van der Waals surface area contributed by atoms with Gasteiger partial charge in [-0.3, -0.25) is 0 Å². The summed E-state index contributed by atoms with van der Waals surface area (Å²) in [5.74, 6) is 0. The van der Waals surface area contributed by atoms with E-state index in [1.54, 1.807) is 0 Å². The Morgan fingerprint density at radius 3 is 2.00 bits per heavy atom. The van der Waals surface area contributed by atoms with Gasteiger partial charge in [-0.25, -0.2) is 0 Å². The SMILES string of the molecule is OCC1OC(OCC(COCc2ccccc2)OCc2ccccc2)C(O)C(O)C1O. The summed E-state index contributed by atoms with van der Waals surface area (Å²) in [5.41, 5.74) is 2.02. The number of aliphatic hydroxyl groups excluding tert-OH is 4. The van der Waals surface area contributed by atoms with Gasteiger partial charge in [0.25, 0.3) is 0 Å². The van der Waals surface area contributed by atoms with Gasteiger partial charge in [0.2, 0.25) is 0 Å². The zero-order valence-corrected chi connectivity index (χ0v) is 17.2. The molecule has 2 aromatic carbocycles. The molecular formula is C23H30O8. The van der Waals surface area contributed by atoms with Crippen molar-refractivity contribution in [3.8, 4) is 0 Å². The highest BCUT2D eigenvalue weighted by Crippen LogP contribution is 2.22. The van der Waals surface area contributed by atoms with Crippen molar-refractivity contribution in [1.29, 1.82) is 0 Å². The number of ether oxygens (including phenoxy) is 4. The van der Waals surface area contributed by atoms with Crippen LogP contribution in [0.3, 0.4) is 0 Å². The molecule has 2 aromatic rings. The molecule has 8 heteroatoms. The zero-order valence-electron chi connectivity index (χ0n) is 17.2. The van der Waals surface area contributed by atoms with Crippen LogP contribution in [0.5, 0.6) is 0 Å². The number of aliphatic hydroxyl groups is 4. The Morgan fingerprint density at radius 1 is 0.774 bits per heavy atom. The maximum Gasteiger partial charge on any atom is 0.186 e. The van der Waals surface area contributed by atoms with Gasteiger partial charge in [-0.15, -0.1) is 0 Å². The first-order valence-electron chi connectivity index (χ1n) is 10.3. The quantitative estimate of drug-likeness (QED) is 0.406. The lowest BCUT2D eigenvalue weighted by atomic mass is 9.99. The summed E-state index contributed by atoms with van der Waals surface area (Å²) in [6.07, 6.45) is -7.10. The second kappa shape index (κ2) is 12.2. The van der Waals surface area contributed by atoms with Crippen LogP contribution in [0.25, 0.3) is 0 Å². The summed E-state index contributed by atoms with van der Waals surface area (Å²) >= 11 is 0. The second-order valence-electron chi connectivity index (χ2n) is 7.45. The highest BCUT2D eigenvalue weighted by atomic mass is 16.7. The minimum Gasteiger partial charge on any atom is -0.394 e. The van der Waals surface area contributed by atoms with Crippen molar-refractivity contribution >= 4 is 0 Å². The van der Waals surface area contributed by atoms with E-state index in [1.165, 1.54) is 0 Å². The molecule has 6 atom stereocenters. The van der Waals surface area contributed by atoms with Crippen LogP contribution < -0.4 is 0 Å². The Labute approximate surface area is 181 Å². The number of rotatable bonds is 11. The van der Waals surface area contributed by atoms with E-state index in [1.807, 2.05) is 60.7 Å². The molecule has 0 radical (unpaired) electrons. The first kappa shape index (κ1) is 23.8. The summed E-state index contributed by atoms with van der Waals surface area (Å²) in [7, 11) is 0.